The van der Waals surface area contributed by atoms with E-state index >= 15 is 0 Å². The predicted octanol–water partition coefficient (Wildman–Crippen LogP) is 2.44. The van der Waals surface area contributed by atoms with Gasteiger partial charge in [-0.1, -0.05) is 23.8 Å². The van der Waals surface area contributed by atoms with Crippen molar-refractivity contribution in [3.05, 3.63) is 64.1 Å². The summed E-state index contributed by atoms with van der Waals surface area (Å²) in [7, 11) is 0. The number of benzene rings is 1. The van der Waals surface area contributed by atoms with E-state index in [0.29, 0.717) is 18.8 Å². The molecule has 0 spiro atoms. The smallest absolute Gasteiger partial charge is 0.257 e. The van der Waals surface area contributed by atoms with E-state index in [9.17, 15) is 9.59 Å². The first-order chi connectivity index (χ1) is 11.6. The van der Waals surface area contributed by atoms with E-state index in [2.05, 4.69) is 5.32 Å². The maximum absolute atomic E-state index is 11.7. The second-order valence-corrected chi connectivity index (χ2v) is 5.82. The summed E-state index contributed by atoms with van der Waals surface area (Å²) in [6.07, 6.45) is 1.65. The van der Waals surface area contributed by atoms with Gasteiger partial charge in [0.05, 0.1) is 0 Å². The molecule has 0 aliphatic rings. The second-order valence-electron chi connectivity index (χ2n) is 5.82. The van der Waals surface area contributed by atoms with Crippen LogP contribution in [0.25, 0.3) is 0 Å². The van der Waals surface area contributed by atoms with E-state index in [1.807, 2.05) is 44.2 Å². The van der Waals surface area contributed by atoms with Gasteiger partial charge in [-0.15, -0.1) is 0 Å². The molecular weight excluding hydrogens is 304 g/mol. The summed E-state index contributed by atoms with van der Waals surface area (Å²) in [5.74, 6) is 0.554. The minimum Gasteiger partial charge on any atom is -0.484 e. The summed E-state index contributed by atoms with van der Waals surface area (Å²) >= 11 is 0. The number of carbonyl (C=O) groups excluding carboxylic acids is 1. The van der Waals surface area contributed by atoms with Gasteiger partial charge in [0.2, 0.25) is 0 Å². The molecule has 1 aromatic carbocycles. The molecule has 0 atom stereocenters. The Morgan fingerprint density at radius 1 is 1.08 bits per heavy atom. The average Bonchev–Trinajstić information content (AvgIpc) is 2.56. The van der Waals surface area contributed by atoms with Crippen molar-refractivity contribution in [3.8, 4) is 5.75 Å². The number of amides is 1. The quantitative estimate of drug-likeness (QED) is 0.757. The zero-order chi connectivity index (χ0) is 17.4. The molecule has 0 saturated heterocycles. The van der Waals surface area contributed by atoms with Gasteiger partial charge in [-0.05, 0) is 44.9 Å². The van der Waals surface area contributed by atoms with Gasteiger partial charge < -0.3 is 14.6 Å². The lowest BCUT2D eigenvalue weighted by molar-refractivity contribution is -0.123. The van der Waals surface area contributed by atoms with Crippen LogP contribution in [0.5, 0.6) is 5.75 Å². The number of unbranched alkanes of at least 4 members (excludes halogenated alkanes) is 1. The van der Waals surface area contributed by atoms with Crippen molar-refractivity contribution in [2.75, 3.05) is 13.2 Å². The Labute approximate surface area is 142 Å². The SMILES string of the molecule is Cc1ccc(OCC(=O)NCCCCn2c(C)cccc2=O)cc1. The summed E-state index contributed by atoms with van der Waals surface area (Å²) in [5, 5.41) is 2.83. The maximum atomic E-state index is 11.7. The van der Waals surface area contributed by atoms with Crippen molar-refractivity contribution in [2.24, 2.45) is 0 Å². The van der Waals surface area contributed by atoms with Crippen molar-refractivity contribution in [2.45, 2.75) is 33.2 Å². The van der Waals surface area contributed by atoms with E-state index < -0.39 is 0 Å². The van der Waals surface area contributed by atoms with Crippen LogP contribution in [0.3, 0.4) is 0 Å². The molecule has 0 aliphatic heterocycles. The molecule has 0 saturated carbocycles. The van der Waals surface area contributed by atoms with Gasteiger partial charge in [0, 0.05) is 24.8 Å². The first-order valence-corrected chi connectivity index (χ1v) is 8.19. The Kier molecular flexibility index (Phi) is 6.61. The molecule has 24 heavy (non-hydrogen) atoms. The molecule has 1 amide bonds. The maximum Gasteiger partial charge on any atom is 0.257 e. The number of nitrogens with one attached hydrogen (secondary N) is 1. The lowest BCUT2D eigenvalue weighted by Crippen LogP contribution is -2.30. The molecule has 5 nitrogen and oxygen atoms in total. The minimum absolute atomic E-state index is 0.0142. The normalized spacial score (nSPS) is 10.4. The third kappa shape index (κ3) is 5.57. The standard InChI is InChI=1S/C19H24N2O3/c1-15-8-10-17(11-9-15)24-14-18(22)20-12-3-4-13-21-16(2)6-5-7-19(21)23/h5-11H,3-4,12-14H2,1-2H3,(H,20,22). The number of hydrogen-bond donors (Lipinski definition) is 1. The molecule has 1 N–H and O–H groups in total. The number of nitrogens with zero attached hydrogens (tertiary/aromatic N) is 1. The van der Waals surface area contributed by atoms with E-state index in [0.717, 1.165) is 24.1 Å². The third-order valence-electron chi connectivity index (χ3n) is 3.79. The number of aryl methyl sites for hydroxylation is 2. The molecule has 1 heterocycles. The number of hydrogen-bond acceptors (Lipinski definition) is 3. The number of ether oxygens (including phenoxy) is 1. The highest BCUT2D eigenvalue weighted by Gasteiger charge is 2.03. The van der Waals surface area contributed by atoms with E-state index in [-0.39, 0.29) is 18.1 Å². The monoisotopic (exact) mass is 328 g/mol. The fourth-order valence-corrected chi connectivity index (χ4v) is 2.37. The van der Waals surface area contributed by atoms with Crippen LogP contribution in [0.15, 0.2) is 47.3 Å². The Hall–Kier alpha value is -2.56. The van der Waals surface area contributed by atoms with Crippen LogP contribution in [0.4, 0.5) is 0 Å². The first kappa shape index (κ1) is 17.8. The molecule has 0 bridgehead atoms. The van der Waals surface area contributed by atoms with Crippen LogP contribution in [0.2, 0.25) is 0 Å². The van der Waals surface area contributed by atoms with Crippen LogP contribution < -0.4 is 15.6 Å². The van der Waals surface area contributed by atoms with Crippen LogP contribution in [-0.4, -0.2) is 23.6 Å². The fourth-order valence-electron chi connectivity index (χ4n) is 2.37. The highest BCUT2D eigenvalue weighted by Crippen LogP contribution is 2.10. The van der Waals surface area contributed by atoms with E-state index in [1.54, 1.807) is 16.7 Å². The molecule has 0 fully saturated rings. The van der Waals surface area contributed by atoms with Gasteiger partial charge in [-0.3, -0.25) is 9.59 Å². The summed E-state index contributed by atoms with van der Waals surface area (Å²) in [4.78, 5) is 23.5. The van der Waals surface area contributed by atoms with Gasteiger partial charge in [0.1, 0.15) is 5.75 Å². The Morgan fingerprint density at radius 3 is 2.54 bits per heavy atom. The van der Waals surface area contributed by atoms with Crippen LogP contribution in [-0.2, 0) is 11.3 Å². The number of pyridine rings is 1. The Morgan fingerprint density at radius 2 is 1.83 bits per heavy atom. The molecule has 2 aromatic rings. The lowest BCUT2D eigenvalue weighted by Gasteiger charge is -2.10. The Balaban J connectivity index is 1.62. The van der Waals surface area contributed by atoms with E-state index in [1.165, 1.54) is 0 Å². The van der Waals surface area contributed by atoms with Gasteiger partial charge in [-0.2, -0.15) is 0 Å². The van der Waals surface area contributed by atoms with Gasteiger partial charge in [-0.25, -0.2) is 0 Å². The molecule has 0 aliphatic carbocycles. The van der Waals surface area contributed by atoms with Gasteiger partial charge >= 0.3 is 0 Å². The zero-order valence-electron chi connectivity index (χ0n) is 14.2. The summed E-state index contributed by atoms with van der Waals surface area (Å²) in [6, 6.07) is 12.8. The molecule has 0 radical (unpaired) electrons. The number of rotatable bonds is 8. The summed E-state index contributed by atoms with van der Waals surface area (Å²) < 4.78 is 7.18. The molecular formula is C19H24N2O3. The minimum atomic E-state index is -0.136. The zero-order valence-corrected chi connectivity index (χ0v) is 14.2. The highest BCUT2D eigenvalue weighted by atomic mass is 16.5. The number of carbonyl (C=O) groups is 1. The second kappa shape index (κ2) is 8.91. The lowest BCUT2D eigenvalue weighted by atomic mass is 10.2. The van der Waals surface area contributed by atoms with Crippen molar-refractivity contribution in [1.82, 2.24) is 9.88 Å². The van der Waals surface area contributed by atoms with E-state index in [4.69, 9.17) is 4.74 Å². The van der Waals surface area contributed by atoms with Gasteiger partial charge in [0.25, 0.3) is 11.5 Å². The first-order valence-electron chi connectivity index (χ1n) is 8.19. The van der Waals surface area contributed by atoms with Crippen molar-refractivity contribution < 1.29 is 9.53 Å². The molecule has 2 rings (SSSR count). The summed E-state index contributed by atoms with van der Waals surface area (Å²) in [5.41, 5.74) is 2.13. The van der Waals surface area contributed by atoms with Gasteiger partial charge in [0.15, 0.2) is 6.61 Å². The largest absolute Gasteiger partial charge is 0.484 e. The van der Waals surface area contributed by atoms with Crippen molar-refractivity contribution >= 4 is 5.91 Å². The topological polar surface area (TPSA) is 60.3 Å². The molecule has 0 unspecified atom stereocenters. The van der Waals surface area contributed by atoms with Crippen molar-refractivity contribution in [3.63, 3.8) is 0 Å². The molecule has 128 valence electrons. The molecule has 5 heteroatoms. The third-order valence-corrected chi connectivity index (χ3v) is 3.79. The van der Waals surface area contributed by atoms with Crippen molar-refractivity contribution in [1.29, 1.82) is 0 Å². The number of aromatic nitrogens is 1. The Bertz CT molecular complexity index is 720. The van der Waals surface area contributed by atoms with Crippen LogP contribution >= 0.6 is 0 Å². The van der Waals surface area contributed by atoms with Crippen LogP contribution in [0, 0.1) is 13.8 Å². The fraction of sp³-hybridized carbons (Fsp3) is 0.368. The van der Waals surface area contributed by atoms with Crippen LogP contribution in [0.1, 0.15) is 24.1 Å². The predicted molar refractivity (Wildman–Crippen MR) is 94.4 cm³/mol. The summed E-state index contributed by atoms with van der Waals surface area (Å²) in [6.45, 7) is 5.19. The molecule has 1 aromatic heterocycles. The highest BCUT2D eigenvalue weighted by molar-refractivity contribution is 5.77. The average molecular weight is 328 g/mol.